The molecule has 2 aromatic rings. The van der Waals surface area contributed by atoms with Gasteiger partial charge in [-0.1, -0.05) is 24.6 Å². The van der Waals surface area contributed by atoms with Crippen molar-refractivity contribution in [3.63, 3.8) is 0 Å². The SMILES string of the molecule is CCN(CC)c1ccc(-c2nnc(SC(C)C(=O)NC3CCCC3)n2C)cc1. The average molecular weight is 402 g/mol. The number of thioether (sulfide) groups is 1. The van der Waals surface area contributed by atoms with Crippen molar-refractivity contribution >= 4 is 23.4 Å². The Labute approximate surface area is 172 Å². The van der Waals surface area contributed by atoms with E-state index in [0.29, 0.717) is 6.04 Å². The normalized spacial score (nSPS) is 15.6. The fourth-order valence-corrected chi connectivity index (χ4v) is 4.50. The lowest BCUT2D eigenvalue weighted by Gasteiger charge is -2.21. The average Bonchev–Trinajstić information content (AvgIpc) is 3.34. The monoisotopic (exact) mass is 401 g/mol. The van der Waals surface area contributed by atoms with Gasteiger partial charge in [-0.3, -0.25) is 4.79 Å². The van der Waals surface area contributed by atoms with Gasteiger partial charge >= 0.3 is 0 Å². The molecular formula is C21H31N5OS. The van der Waals surface area contributed by atoms with Crippen LogP contribution in [-0.2, 0) is 11.8 Å². The molecule has 1 N–H and O–H groups in total. The van der Waals surface area contributed by atoms with Crippen molar-refractivity contribution in [3.05, 3.63) is 24.3 Å². The molecule has 1 heterocycles. The van der Waals surface area contributed by atoms with Gasteiger partial charge in [0, 0.05) is 37.4 Å². The van der Waals surface area contributed by atoms with E-state index in [1.54, 1.807) is 0 Å². The van der Waals surface area contributed by atoms with E-state index in [9.17, 15) is 4.79 Å². The van der Waals surface area contributed by atoms with E-state index >= 15 is 0 Å². The Morgan fingerprint density at radius 2 is 1.86 bits per heavy atom. The Morgan fingerprint density at radius 3 is 2.46 bits per heavy atom. The third kappa shape index (κ3) is 4.69. The highest BCUT2D eigenvalue weighted by atomic mass is 32.2. The fourth-order valence-electron chi connectivity index (χ4n) is 3.68. The van der Waals surface area contributed by atoms with Gasteiger partial charge in [-0.15, -0.1) is 10.2 Å². The number of carbonyl (C=O) groups excluding carboxylic acids is 1. The second kappa shape index (κ2) is 9.45. The van der Waals surface area contributed by atoms with Crippen LogP contribution >= 0.6 is 11.8 Å². The molecule has 1 aromatic heterocycles. The molecule has 152 valence electrons. The molecule has 1 fully saturated rings. The summed E-state index contributed by atoms with van der Waals surface area (Å²) in [5.74, 6) is 0.905. The predicted octanol–water partition coefficient (Wildman–Crippen LogP) is 3.87. The Balaban J connectivity index is 1.66. The summed E-state index contributed by atoms with van der Waals surface area (Å²) in [7, 11) is 1.96. The van der Waals surface area contributed by atoms with Crippen LogP contribution in [0.1, 0.15) is 46.5 Å². The van der Waals surface area contributed by atoms with Gasteiger partial charge in [0.25, 0.3) is 0 Å². The van der Waals surface area contributed by atoms with E-state index in [1.165, 1.54) is 30.3 Å². The highest BCUT2D eigenvalue weighted by Crippen LogP contribution is 2.27. The van der Waals surface area contributed by atoms with Gasteiger partial charge in [-0.2, -0.15) is 0 Å². The first-order chi connectivity index (χ1) is 13.5. The van der Waals surface area contributed by atoms with Gasteiger partial charge in [-0.05, 0) is 57.9 Å². The molecule has 7 heteroatoms. The van der Waals surface area contributed by atoms with Gasteiger partial charge < -0.3 is 14.8 Å². The van der Waals surface area contributed by atoms with Crippen LogP contribution in [0.15, 0.2) is 29.4 Å². The first-order valence-electron chi connectivity index (χ1n) is 10.2. The minimum Gasteiger partial charge on any atom is -0.372 e. The topological polar surface area (TPSA) is 63.1 Å². The molecule has 0 saturated heterocycles. The molecule has 0 spiro atoms. The van der Waals surface area contributed by atoms with Crippen LogP contribution in [0.25, 0.3) is 11.4 Å². The van der Waals surface area contributed by atoms with Crippen molar-refractivity contribution in [2.24, 2.45) is 7.05 Å². The van der Waals surface area contributed by atoms with Crippen LogP contribution in [0, 0.1) is 0 Å². The number of aromatic nitrogens is 3. The minimum absolute atomic E-state index is 0.0880. The maximum Gasteiger partial charge on any atom is 0.233 e. The summed E-state index contributed by atoms with van der Waals surface area (Å²) in [6.07, 6.45) is 4.62. The van der Waals surface area contributed by atoms with E-state index in [-0.39, 0.29) is 11.2 Å². The molecule has 28 heavy (non-hydrogen) atoms. The van der Waals surface area contributed by atoms with Crippen LogP contribution in [-0.4, -0.2) is 45.1 Å². The highest BCUT2D eigenvalue weighted by molar-refractivity contribution is 8.00. The molecule has 0 radical (unpaired) electrons. The lowest BCUT2D eigenvalue weighted by atomic mass is 10.2. The minimum atomic E-state index is -0.193. The van der Waals surface area contributed by atoms with Crippen molar-refractivity contribution in [1.29, 1.82) is 0 Å². The fraction of sp³-hybridized carbons (Fsp3) is 0.571. The third-order valence-electron chi connectivity index (χ3n) is 5.44. The molecule has 6 nitrogen and oxygen atoms in total. The largest absolute Gasteiger partial charge is 0.372 e. The third-order valence-corrected chi connectivity index (χ3v) is 6.58. The molecule has 0 bridgehead atoms. The molecule has 0 aliphatic heterocycles. The Bertz CT molecular complexity index is 779. The predicted molar refractivity (Wildman–Crippen MR) is 116 cm³/mol. The Hall–Kier alpha value is -2.02. The molecule has 1 aromatic carbocycles. The molecule has 3 rings (SSSR count). The molecular weight excluding hydrogens is 370 g/mol. The molecule has 1 unspecified atom stereocenters. The van der Waals surface area contributed by atoms with Crippen LogP contribution in [0.5, 0.6) is 0 Å². The summed E-state index contributed by atoms with van der Waals surface area (Å²) < 4.78 is 1.97. The second-order valence-electron chi connectivity index (χ2n) is 7.33. The van der Waals surface area contributed by atoms with Crippen LogP contribution < -0.4 is 10.2 Å². The van der Waals surface area contributed by atoms with Crippen molar-refractivity contribution in [2.45, 2.75) is 62.9 Å². The summed E-state index contributed by atoms with van der Waals surface area (Å²) in [5.41, 5.74) is 2.24. The number of hydrogen-bond acceptors (Lipinski definition) is 5. The van der Waals surface area contributed by atoms with Gasteiger partial charge in [-0.25, -0.2) is 0 Å². The number of benzene rings is 1. The summed E-state index contributed by atoms with van der Waals surface area (Å²) in [4.78, 5) is 14.8. The van der Waals surface area contributed by atoms with Gasteiger partial charge in [0.1, 0.15) is 0 Å². The van der Waals surface area contributed by atoms with Crippen molar-refractivity contribution < 1.29 is 4.79 Å². The lowest BCUT2D eigenvalue weighted by Crippen LogP contribution is -2.37. The first-order valence-corrected chi connectivity index (χ1v) is 11.1. The van der Waals surface area contributed by atoms with Gasteiger partial charge in [0.2, 0.25) is 5.91 Å². The maximum absolute atomic E-state index is 12.5. The maximum atomic E-state index is 12.5. The van der Waals surface area contributed by atoms with Crippen LogP contribution in [0.2, 0.25) is 0 Å². The number of amides is 1. The van der Waals surface area contributed by atoms with Crippen molar-refractivity contribution in [2.75, 3.05) is 18.0 Å². The summed E-state index contributed by atoms with van der Waals surface area (Å²) >= 11 is 1.46. The van der Waals surface area contributed by atoms with Crippen LogP contribution in [0.3, 0.4) is 0 Å². The van der Waals surface area contributed by atoms with E-state index < -0.39 is 0 Å². The number of nitrogens with zero attached hydrogens (tertiary/aromatic N) is 4. The molecule has 1 aliphatic rings. The highest BCUT2D eigenvalue weighted by Gasteiger charge is 2.23. The Morgan fingerprint density at radius 1 is 1.21 bits per heavy atom. The van der Waals surface area contributed by atoms with E-state index in [2.05, 4.69) is 58.5 Å². The summed E-state index contributed by atoms with van der Waals surface area (Å²) in [6.45, 7) is 8.23. The van der Waals surface area contributed by atoms with Crippen molar-refractivity contribution in [1.82, 2.24) is 20.1 Å². The van der Waals surface area contributed by atoms with Gasteiger partial charge in [0.15, 0.2) is 11.0 Å². The molecule has 1 aliphatic carbocycles. The zero-order chi connectivity index (χ0) is 20.1. The molecule has 1 saturated carbocycles. The van der Waals surface area contributed by atoms with E-state index in [4.69, 9.17) is 0 Å². The van der Waals surface area contributed by atoms with E-state index in [0.717, 1.165) is 42.5 Å². The summed E-state index contributed by atoms with van der Waals surface area (Å²) in [6, 6.07) is 8.77. The lowest BCUT2D eigenvalue weighted by molar-refractivity contribution is -0.120. The number of nitrogens with one attached hydrogen (secondary N) is 1. The van der Waals surface area contributed by atoms with E-state index in [1.807, 2.05) is 18.5 Å². The molecule has 1 atom stereocenters. The van der Waals surface area contributed by atoms with Gasteiger partial charge in [0.05, 0.1) is 5.25 Å². The van der Waals surface area contributed by atoms with Crippen molar-refractivity contribution in [3.8, 4) is 11.4 Å². The first kappa shape index (κ1) is 20.7. The molecule has 1 amide bonds. The quantitative estimate of drug-likeness (QED) is 0.681. The van der Waals surface area contributed by atoms with Crippen LogP contribution in [0.4, 0.5) is 5.69 Å². The Kier molecular flexibility index (Phi) is 6.99. The zero-order valence-corrected chi connectivity index (χ0v) is 18.1. The number of hydrogen-bond donors (Lipinski definition) is 1. The number of carbonyl (C=O) groups is 1. The standard InChI is InChI=1S/C21H31N5OS/c1-5-26(6-2)18-13-11-16(12-14-18)19-23-24-21(25(19)4)28-15(3)20(27)22-17-9-7-8-10-17/h11-15,17H,5-10H2,1-4H3,(H,22,27). The summed E-state index contributed by atoms with van der Waals surface area (Å²) in [5, 5.41) is 12.4. The number of rotatable bonds is 8. The number of anilines is 1. The second-order valence-corrected chi connectivity index (χ2v) is 8.64. The zero-order valence-electron chi connectivity index (χ0n) is 17.3. The smallest absolute Gasteiger partial charge is 0.233 e.